The topological polar surface area (TPSA) is 59.8 Å². The van der Waals surface area contributed by atoms with Crippen molar-refractivity contribution in [1.29, 1.82) is 0 Å². The van der Waals surface area contributed by atoms with Gasteiger partial charge in [-0.2, -0.15) is 0 Å². The highest BCUT2D eigenvalue weighted by Gasteiger charge is 2.23. The van der Waals surface area contributed by atoms with Gasteiger partial charge in [0.05, 0.1) is 5.75 Å². The number of nitrogens with one attached hydrogen (secondary N) is 1. The molecule has 0 unspecified atom stereocenters. The van der Waals surface area contributed by atoms with Crippen LogP contribution in [0.25, 0.3) is 5.69 Å². The van der Waals surface area contributed by atoms with Crippen LogP contribution >= 0.6 is 23.1 Å². The van der Waals surface area contributed by atoms with Crippen LogP contribution in [0.4, 0.5) is 5.13 Å². The molecule has 1 aliphatic carbocycles. The molecule has 26 heavy (non-hydrogen) atoms. The zero-order valence-corrected chi connectivity index (χ0v) is 16.4. The van der Waals surface area contributed by atoms with E-state index < -0.39 is 0 Å². The molecule has 4 rings (SSSR count). The highest BCUT2D eigenvalue weighted by atomic mass is 32.2. The average molecular weight is 385 g/mol. The first kappa shape index (κ1) is 17.3. The summed E-state index contributed by atoms with van der Waals surface area (Å²) in [5, 5.41) is 12.5. The molecule has 1 N–H and O–H groups in total. The predicted molar refractivity (Wildman–Crippen MR) is 107 cm³/mol. The van der Waals surface area contributed by atoms with Gasteiger partial charge in [-0.1, -0.05) is 41.3 Å². The highest BCUT2D eigenvalue weighted by molar-refractivity contribution is 8.01. The fraction of sp³-hybridized carbons (Fsp3) is 0.316. The minimum absolute atomic E-state index is 0.122. The molecule has 0 bridgehead atoms. The van der Waals surface area contributed by atoms with E-state index in [1.54, 1.807) is 0 Å². The third kappa shape index (κ3) is 3.68. The Hall–Kier alpha value is -2.12. The van der Waals surface area contributed by atoms with Gasteiger partial charge in [0.1, 0.15) is 0 Å². The fourth-order valence-electron chi connectivity index (χ4n) is 2.95. The Morgan fingerprint density at radius 3 is 2.77 bits per heavy atom. The Bertz CT molecular complexity index is 928. The van der Waals surface area contributed by atoms with E-state index in [-0.39, 0.29) is 5.78 Å². The smallest absolute Gasteiger partial charge is 0.206 e. The molecule has 0 saturated heterocycles. The predicted octanol–water partition coefficient (Wildman–Crippen LogP) is 4.49. The first-order valence-corrected chi connectivity index (χ1v) is 10.4. The van der Waals surface area contributed by atoms with E-state index in [1.807, 2.05) is 38.1 Å². The number of hydrogen-bond acceptors (Lipinski definition) is 6. The molecule has 0 amide bonds. The van der Waals surface area contributed by atoms with Crippen LogP contribution in [0.5, 0.6) is 0 Å². The van der Waals surface area contributed by atoms with E-state index in [0.717, 1.165) is 32.1 Å². The number of anilines is 1. The van der Waals surface area contributed by atoms with Gasteiger partial charge in [0, 0.05) is 28.7 Å². The lowest BCUT2D eigenvalue weighted by Gasteiger charge is -2.09. The van der Waals surface area contributed by atoms with Crippen LogP contribution in [-0.4, -0.2) is 32.3 Å². The summed E-state index contributed by atoms with van der Waals surface area (Å²) in [5.41, 5.74) is 3.90. The van der Waals surface area contributed by atoms with Crippen molar-refractivity contribution in [2.24, 2.45) is 0 Å². The highest BCUT2D eigenvalue weighted by Crippen LogP contribution is 2.31. The largest absolute Gasteiger partial charge is 0.357 e. The molecule has 2 aromatic heterocycles. The number of benzene rings is 1. The van der Waals surface area contributed by atoms with Gasteiger partial charge in [0.25, 0.3) is 0 Å². The zero-order valence-electron chi connectivity index (χ0n) is 14.7. The summed E-state index contributed by atoms with van der Waals surface area (Å²) in [6.45, 7) is 4.03. The third-order valence-electron chi connectivity index (χ3n) is 4.38. The molecular weight excluding hydrogens is 364 g/mol. The number of aryl methyl sites for hydroxylation is 1. The first-order valence-electron chi connectivity index (χ1n) is 8.62. The second-order valence-electron chi connectivity index (χ2n) is 6.46. The Kier molecular flexibility index (Phi) is 4.82. The van der Waals surface area contributed by atoms with E-state index in [9.17, 15) is 4.79 Å². The summed E-state index contributed by atoms with van der Waals surface area (Å²) in [6.07, 6.45) is 2.41. The van der Waals surface area contributed by atoms with Gasteiger partial charge in [0.15, 0.2) is 10.1 Å². The summed E-state index contributed by atoms with van der Waals surface area (Å²) in [7, 11) is 0. The Morgan fingerprint density at radius 2 is 2.04 bits per heavy atom. The number of nitrogens with zero attached hydrogens (tertiary/aromatic N) is 3. The first-order chi connectivity index (χ1) is 12.6. The van der Waals surface area contributed by atoms with Crippen molar-refractivity contribution in [3.05, 3.63) is 53.3 Å². The maximum absolute atomic E-state index is 12.7. The number of ketones is 1. The van der Waals surface area contributed by atoms with Crippen LogP contribution in [0.1, 0.15) is 34.6 Å². The van der Waals surface area contributed by atoms with Crippen molar-refractivity contribution in [1.82, 2.24) is 14.8 Å². The summed E-state index contributed by atoms with van der Waals surface area (Å²) in [5.74, 6) is 0.495. The maximum Gasteiger partial charge on any atom is 0.206 e. The molecule has 134 valence electrons. The molecule has 3 aromatic rings. The van der Waals surface area contributed by atoms with E-state index in [1.165, 1.54) is 35.9 Å². The molecule has 0 radical (unpaired) electrons. The van der Waals surface area contributed by atoms with Gasteiger partial charge in [-0.25, -0.2) is 0 Å². The number of carbonyl (C=O) groups is 1. The standard InChI is InChI=1S/C19H20N4OS2/c1-12-10-16(13(2)23(12)15-6-4-3-5-7-15)17(24)11-25-19-22-21-18(26-19)20-14-8-9-14/h3-7,10,14H,8-9,11H2,1-2H3,(H,20,21). The quantitative estimate of drug-likeness (QED) is 0.480. The van der Waals surface area contributed by atoms with E-state index in [0.29, 0.717) is 11.8 Å². The van der Waals surface area contributed by atoms with Crippen molar-refractivity contribution in [3.8, 4) is 5.69 Å². The number of Topliss-reactive ketones (excluding diaryl/α,β-unsaturated/α-hetero) is 1. The Morgan fingerprint density at radius 1 is 1.27 bits per heavy atom. The summed E-state index contributed by atoms with van der Waals surface area (Å²) in [6, 6.07) is 12.7. The Labute approximate surface area is 160 Å². The molecule has 1 aliphatic rings. The van der Waals surface area contributed by atoms with Gasteiger partial charge in [-0.3, -0.25) is 4.79 Å². The fourth-order valence-corrected chi connectivity index (χ4v) is 4.67. The molecule has 7 heteroatoms. The lowest BCUT2D eigenvalue weighted by molar-refractivity contribution is 0.102. The van der Waals surface area contributed by atoms with Crippen molar-refractivity contribution < 1.29 is 4.79 Å². The molecular formula is C19H20N4OS2. The van der Waals surface area contributed by atoms with Crippen molar-refractivity contribution in [2.75, 3.05) is 11.1 Å². The van der Waals surface area contributed by atoms with Crippen LogP contribution in [-0.2, 0) is 0 Å². The Balaban J connectivity index is 1.45. The second kappa shape index (κ2) is 7.25. The van der Waals surface area contributed by atoms with Crippen LogP contribution in [0.15, 0.2) is 40.7 Å². The van der Waals surface area contributed by atoms with Gasteiger partial charge in [-0.05, 0) is 44.9 Å². The minimum Gasteiger partial charge on any atom is -0.357 e. The molecule has 0 atom stereocenters. The van der Waals surface area contributed by atoms with E-state index >= 15 is 0 Å². The van der Waals surface area contributed by atoms with Crippen molar-refractivity contribution in [3.63, 3.8) is 0 Å². The van der Waals surface area contributed by atoms with Gasteiger partial charge in [-0.15, -0.1) is 10.2 Å². The molecule has 2 heterocycles. The third-order valence-corrected chi connectivity index (χ3v) is 6.37. The van der Waals surface area contributed by atoms with Crippen LogP contribution in [0, 0.1) is 13.8 Å². The normalized spacial score (nSPS) is 13.8. The minimum atomic E-state index is 0.122. The van der Waals surface area contributed by atoms with E-state index in [4.69, 9.17) is 0 Å². The van der Waals surface area contributed by atoms with Crippen LogP contribution in [0.3, 0.4) is 0 Å². The molecule has 1 saturated carbocycles. The lowest BCUT2D eigenvalue weighted by Crippen LogP contribution is -2.05. The lowest BCUT2D eigenvalue weighted by atomic mass is 10.2. The molecule has 0 spiro atoms. The molecule has 5 nitrogen and oxygen atoms in total. The number of para-hydroxylation sites is 1. The monoisotopic (exact) mass is 384 g/mol. The molecule has 1 aromatic carbocycles. The second-order valence-corrected chi connectivity index (χ2v) is 8.66. The van der Waals surface area contributed by atoms with Crippen molar-refractivity contribution in [2.45, 2.75) is 37.1 Å². The number of carbonyl (C=O) groups excluding carboxylic acids is 1. The summed E-state index contributed by atoms with van der Waals surface area (Å²) >= 11 is 2.98. The number of aromatic nitrogens is 3. The zero-order chi connectivity index (χ0) is 18.1. The van der Waals surface area contributed by atoms with Crippen LogP contribution < -0.4 is 5.32 Å². The summed E-state index contributed by atoms with van der Waals surface area (Å²) in [4.78, 5) is 12.7. The maximum atomic E-state index is 12.7. The van der Waals surface area contributed by atoms with Crippen molar-refractivity contribution >= 4 is 34.0 Å². The van der Waals surface area contributed by atoms with Crippen LogP contribution in [0.2, 0.25) is 0 Å². The van der Waals surface area contributed by atoms with Gasteiger partial charge >= 0.3 is 0 Å². The number of rotatable bonds is 7. The number of thioether (sulfide) groups is 1. The average Bonchev–Trinajstić information content (AvgIpc) is 3.25. The van der Waals surface area contributed by atoms with Gasteiger partial charge < -0.3 is 9.88 Å². The van der Waals surface area contributed by atoms with E-state index in [2.05, 4.69) is 32.2 Å². The SMILES string of the molecule is Cc1cc(C(=O)CSc2nnc(NC3CC3)s2)c(C)n1-c1ccccc1. The van der Waals surface area contributed by atoms with Gasteiger partial charge in [0.2, 0.25) is 5.13 Å². The summed E-state index contributed by atoms with van der Waals surface area (Å²) < 4.78 is 2.96. The molecule has 1 fully saturated rings. The number of hydrogen-bond donors (Lipinski definition) is 1. The molecule has 0 aliphatic heterocycles.